The summed E-state index contributed by atoms with van der Waals surface area (Å²) in [5.41, 5.74) is 0.761. The maximum atomic E-state index is 12.0. The molecule has 1 N–H and O–H groups in total. The van der Waals surface area contributed by atoms with Gasteiger partial charge in [0, 0.05) is 11.5 Å². The van der Waals surface area contributed by atoms with Gasteiger partial charge in [0.2, 0.25) is 0 Å². The molecule has 0 unspecified atom stereocenters. The van der Waals surface area contributed by atoms with E-state index in [1.807, 2.05) is 30.3 Å². The Kier molecular flexibility index (Phi) is 4.87. The number of benzene rings is 1. The number of rotatable bonds is 4. The lowest BCUT2D eigenvalue weighted by molar-refractivity contribution is -0.134. The zero-order chi connectivity index (χ0) is 13.7. The van der Waals surface area contributed by atoms with Crippen molar-refractivity contribution < 1.29 is 14.7 Å². The zero-order valence-electron chi connectivity index (χ0n) is 10.0. The molecule has 1 fully saturated rings. The molecular formula is C14H12O3S2. The van der Waals surface area contributed by atoms with Crippen LogP contribution in [0.2, 0.25) is 0 Å². The Labute approximate surface area is 119 Å². The van der Waals surface area contributed by atoms with Crippen LogP contribution in [0.1, 0.15) is 5.56 Å². The number of allylic oxidation sites excluding steroid dienone is 1. The van der Waals surface area contributed by atoms with Crippen LogP contribution in [0.5, 0.6) is 0 Å². The number of ketones is 1. The van der Waals surface area contributed by atoms with Gasteiger partial charge in [-0.1, -0.05) is 36.4 Å². The van der Waals surface area contributed by atoms with Gasteiger partial charge in [-0.25, -0.2) is 4.79 Å². The van der Waals surface area contributed by atoms with E-state index >= 15 is 0 Å². The van der Waals surface area contributed by atoms with Crippen LogP contribution in [-0.2, 0) is 9.59 Å². The van der Waals surface area contributed by atoms with Crippen LogP contribution in [0.25, 0.3) is 6.08 Å². The number of aliphatic carboxylic acids is 1. The van der Waals surface area contributed by atoms with Crippen LogP contribution in [0.3, 0.4) is 0 Å². The van der Waals surface area contributed by atoms with Crippen molar-refractivity contribution in [2.75, 3.05) is 11.5 Å². The molecule has 0 amide bonds. The molecule has 0 radical (unpaired) electrons. The van der Waals surface area contributed by atoms with E-state index in [9.17, 15) is 9.59 Å². The Morgan fingerprint density at radius 3 is 2.32 bits per heavy atom. The highest BCUT2D eigenvalue weighted by atomic mass is 32.2. The zero-order valence-corrected chi connectivity index (χ0v) is 11.7. The molecule has 5 heteroatoms. The van der Waals surface area contributed by atoms with Crippen molar-refractivity contribution in [2.24, 2.45) is 0 Å². The molecule has 1 aliphatic rings. The lowest BCUT2D eigenvalue weighted by Crippen LogP contribution is -2.11. The number of carboxylic acid groups (broad SMARTS) is 1. The maximum absolute atomic E-state index is 12.0. The lowest BCUT2D eigenvalue weighted by atomic mass is 10.1. The maximum Gasteiger partial charge on any atom is 0.341 e. The number of hydrogen-bond donors (Lipinski definition) is 1. The second-order valence-electron chi connectivity index (χ2n) is 3.77. The van der Waals surface area contributed by atoms with Crippen molar-refractivity contribution in [1.29, 1.82) is 0 Å². The van der Waals surface area contributed by atoms with Gasteiger partial charge in [0.25, 0.3) is 0 Å². The topological polar surface area (TPSA) is 54.4 Å². The third-order valence-corrected chi connectivity index (χ3v) is 5.16. The molecule has 0 aromatic heterocycles. The summed E-state index contributed by atoms with van der Waals surface area (Å²) < 4.78 is 0.621. The summed E-state index contributed by atoms with van der Waals surface area (Å²) in [6, 6.07) is 9.33. The van der Waals surface area contributed by atoms with Crippen LogP contribution in [0, 0.1) is 0 Å². The summed E-state index contributed by atoms with van der Waals surface area (Å²) in [4.78, 5) is 23.2. The van der Waals surface area contributed by atoms with E-state index in [1.54, 1.807) is 6.08 Å². The van der Waals surface area contributed by atoms with E-state index in [4.69, 9.17) is 5.11 Å². The highest BCUT2D eigenvalue weighted by Gasteiger charge is 2.24. The molecule has 0 saturated carbocycles. The Balaban J connectivity index is 2.20. The molecule has 19 heavy (non-hydrogen) atoms. The van der Waals surface area contributed by atoms with Gasteiger partial charge in [0.15, 0.2) is 5.78 Å². The van der Waals surface area contributed by atoms with Crippen molar-refractivity contribution in [1.82, 2.24) is 0 Å². The first-order valence-corrected chi connectivity index (χ1v) is 7.66. The van der Waals surface area contributed by atoms with E-state index in [1.165, 1.54) is 29.6 Å². The fourth-order valence-electron chi connectivity index (χ4n) is 1.57. The number of carbonyl (C=O) groups excluding carboxylic acids is 1. The average molecular weight is 292 g/mol. The second kappa shape index (κ2) is 6.63. The highest BCUT2D eigenvalue weighted by molar-refractivity contribution is 8.25. The van der Waals surface area contributed by atoms with E-state index in [-0.39, 0.29) is 5.57 Å². The van der Waals surface area contributed by atoms with Gasteiger partial charge < -0.3 is 5.11 Å². The number of hydrogen-bond acceptors (Lipinski definition) is 4. The fourth-order valence-corrected chi connectivity index (χ4v) is 4.10. The molecule has 0 spiro atoms. The fraction of sp³-hybridized carbons (Fsp3) is 0.143. The summed E-state index contributed by atoms with van der Waals surface area (Å²) in [5, 5.41) is 9.16. The summed E-state index contributed by atoms with van der Waals surface area (Å²) in [7, 11) is 0. The second-order valence-corrected chi connectivity index (χ2v) is 6.24. The summed E-state index contributed by atoms with van der Waals surface area (Å²) in [6.45, 7) is 0. The number of thioether (sulfide) groups is 2. The molecule has 0 atom stereocenters. The quantitative estimate of drug-likeness (QED) is 0.525. The minimum atomic E-state index is -1.15. The highest BCUT2D eigenvalue weighted by Crippen LogP contribution is 2.39. The number of carbonyl (C=O) groups is 2. The molecule has 3 nitrogen and oxygen atoms in total. The molecule has 98 valence electrons. The summed E-state index contributed by atoms with van der Waals surface area (Å²) in [5.74, 6) is 0.103. The lowest BCUT2D eigenvalue weighted by Gasteiger charge is -2.01. The van der Waals surface area contributed by atoms with Gasteiger partial charge in [0.05, 0.1) is 4.24 Å². The minimum absolute atomic E-state index is 0.111. The van der Waals surface area contributed by atoms with Crippen LogP contribution in [-0.4, -0.2) is 28.4 Å². The minimum Gasteiger partial charge on any atom is -0.477 e. The summed E-state index contributed by atoms with van der Waals surface area (Å²) in [6.07, 6.45) is 2.96. The standard InChI is InChI=1S/C14H12O3S2/c15-11(7-6-10-4-2-1-3-5-10)12(13(16)17)14-18-8-9-19-14/h1-7H,8-9H2,(H,16,17)/b7-6-. The molecule has 0 bridgehead atoms. The SMILES string of the molecule is O=C(O)C(C(=O)/C=C\c1ccccc1)=C1SCCS1. The van der Waals surface area contributed by atoms with Gasteiger partial charge in [0.1, 0.15) is 5.57 Å². The summed E-state index contributed by atoms with van der Waals surface area (Å²) >= 11 is 2.87. The molecule has 1 aromatic rings. The predicted octanol–water partition coefficient (Wildman–Crippen LogP) is 3.05. The first kappa shape index (κ1) is 14.0. The third-order valence-electron chi connectivity index (χ3n) is 2.44. The Hall–Kier alpha value is -1.46. The largest absolute Gasteiger partial charge is 0.477 e. The van der Waals surface area contributed by atoms with Crippen molar-refractivity contribution >= 4 is 41.4 Å². The van der Waals surface area contributed by atoms with Crippen LogP contribution >= 0.6 is 23.5 Å². The Bertz CT molecular complexity index is 539. The van der Waals surface area contributed by atoms with Crippen LogP contribution < -0.4 is 0 Å². The average Bonchev–Trinajstić information content (AvgIpc) is 2.91. The van der Waals surface area contributed by atoms with Crippen molar-refractivity contribution in [3.8, 4) is 0 Å². The van der Waals surface area contributed by atoms with Gasteiger partial charge >= 0.3 is 5.97 Å². The Morgan fingerprint density at radius 1 is 1.11 bits per heavy atom. The van der Waals surface area contributed by atoms with E-state index in [0.29, 0.717) is 4.24 Å². The number of carboxylic acids is 1. The molecule has 1 saturated heterocycles. The van der Waals surface area contributed by atoms with Crippen molar-refractivity contribution in [3.63, 3.8) is 0 Å². The first-order chi connectivity index (χ1) is 9.18. The Morgan fingerprint density at radius 2 is 1.74 bits per heavy atom. The van der Waals surface area contributed by atoms with Crippen LogP contribution in [0.15, 0.2) is 46.2 Å². The van der Waals surface area contributed by atoms with Crippen molar-refractivity contribution in [3.05, 3.63) is 51.8 Å². The molecular weight excluding hydrogens is 280 g/mol. The van der Waals surface area contributed by atoms with E-state index in [2.05, 4.69) is 0 Å². The monoisotopic (exact) mass is 292 g/mol. The van der Waals surface area contributed by atoms with Gasteiger partial charge in [-0.3, -0.25) is 4.79 Å². The van der Waals surface area contributed by atoms with Gasteiger partial charge in [-0.05, 0) is 11.6 Å². The molecule has 1 heterocycles. The molecule has 2 rings (SSSR count). The third kappa shape index (κ3) is 3.75. The normalized spacial score (nSPS) is 14.8. The van der Waals surface area contributed by atoms with Gasteiger partial charge in [-0.2, -0.15) is 0 Å². The molecule has 1 aromatic carbocycles. The smallest absolute Gasteiger partial charge is 0.341 e. The van der Waals surface area contributed by atoms with Crippen molar-refractivity contribution in [2.45, 2.75) is 0 Å². The molecule has 0 aliphatic carbocycles. The predicted molar refractivity (Wildman–Crippen MR) is 80.1 cm³/mol. The van der Waals surface area contributed by atoms with Gasteiger partial charge in [-0.15, -0.1) is 23.5 Å². The first-order valence-electron chi connectivity index (χ1n) is 5.69. The van der Waals surface area contributed by atoms with E-state index < -0.39 is 11.8 Å². The van der Waals surface area contributed by atoms with Crippen LogP contribution in [0.4, 0.5) is 0 Å². The van der Waals surface area contributed by atoms with E-state index in [0.717, 1.165) is 17.1 Å². The molecule has 1 aliphatic heterocycles.